The van der Waals surface area contributed by atoms with Gasteiger partial charge in [0.2, 0.25) is 0 Å². The van der Waals surface area contributed by atoms with Gasteiger partial charge in [0.05, 0.1) is 127 Å². The molecule has 3 heterocycles. The second kappa shape index (κ2) is 19.4. The summed E-state index contributed by atoms with van der Waals surface area (Å²) in [4.78, 5) is 4.50. The SMILES string of the molecule is N#Cc1ccc(-c2ccc3c(c2)c2cc(-c4ccc(C#N)cc4C#N)ccc2n3-c2cc(-c3cccnc3)cc(-n3c4ccc(-c5ccc(C#N)cc5C#N)cc4c4cc(-c5ccc(C#N)cc5C#N)ccc43)c2C#N)c(C#N)c1. The normalized spacial score (nSPS) is 10.6. The van der Waals surface area contributed by atoms with E-state index >= 15 is 0 Å². The Hall–Kier alpha value is -12.9. The van der Waals surface area contributed by atoms with Crippen LogP contribution in [-0.4, -0.2) is 14.1 Å². The molecule has 0 amide bonds. The highest BCUT2D eigenvalue weighted by Crippen LogP contribution is 2.44. The van der Waals surface area contributed by atoms with Crippen LogP contribution in [0.5, 0.6) is 0 Å². The zero-order valence-electron chi connectivity index (χ0n) is 41.7. The lowest BCUT2D eigenvalue weighted by Crippen LogP contribution is -2.05. The summed E-state index contributed by atoms with van der Waals surface area (Å²) in [5, 5.41) is 95.0. The molecule has 0 aliphatic heterocycles. The third kappa shape index (κ3) is 7.82. The van der Waals surface area contributed by atoms with E-state index in [1.165, 1.54) is 0 Å². The lowest BCUT2D eigenvalue weighted by molar-refractivity contribution is 1.12. The second-order valence-electron chi connectivity index (χ2n) is 18.8. The van der Waals surface area contributed by atoms with Crippen molar-refractivity contribution in [2.24, 2.45) is 0 Å². The Balaban J connectivity index is 1.18. The molecule has 0 bridgehead atoms. The number of hydrogen-bond donors (Lipinski definition) is 0. The van der Waals surface area contributed by atoms with Gasteiger partial charge >= 0.3 is 0 Å². The van der Waals surface area contributed by atoms with Gasteiger partial charge in [-0.15, -0.1) is 0 Å². The molecule has 0 radical (unpaired) electrons. The summed E-state index contributed by atoms with van der Waals surface area (Å²) in [6, 6.07) is 71.2. The molecule has 9 aromatic carbocycles. The molecular formula is C68H30N12. The Bertz CT molecular complexity index is 4570. The van der Waals surface area contributed by atoms with Crippen LogP contribution < -0.4 is 0 Å². The van der Waals surface area contributed by atoms with Crippen LogP contribution in [-0.2, 0) is 0 Å². The van der Waals surface area contributed by atoms with E-state index in [0.717, 1.165) is 32.7 Å². The number of nitriles is 9. The van der Waals surface area contributed by atoms with Crippen LogP contribution in [0.3, 0.4) is 0 Å². The predicted octanol–water partition coefficient (Wildman–Crippen LogP) is 14.5. The van der Waals surface area contributed by atoms with E-state index in [1.54, 1.807) is 85.2 Å². The topological polar surface area (TPSA) is 237 Å². The van der Waals surface area contributed by atoms with Crippen molar-refractivity contribution in [2.45, 2.75) is 0 Å². The minimum absolute atomic E-state index is 0.298. The highest BCUT2D eigenvalue weighted by molar-refractivity contribution is 6.14. The molecule has 362 valence electrons. The summed E-state index contributed by atoms with van der Waals surface area (Å²) in [5.41, 5.74) is 13.6. The minimum atomic E-state index is 0.298. The molecule has 0 N–H and O–H groups in total. The van der Waals surface area contributed by atoms with Gasteiger partial charge in [-0.05, 0) is 165 Å². The van der Waals surface area contributed by atoms with Gasteiger partial charge in [0.1, 0.15) is 11.6 Å². The average Bonchev–Trinajstić information content (AvgIpc) is 4.20. The largest absolute Gasteiger partial charge is 0.308 e. The average molecular weight is 1020 g/mol. The molecule has 12 heteroatoms. The fourth-order valence-electron chi connectivity index (χ4n) is 10.8. The number of aromatic nitrogens is 3. The number of nitrogens with zero attached hydrogens (tertiary/aromatic N) is 12. The molecule has 0 aliphatic carbocycles. The maximum Gasteiger partial charge on any atom is 0.104 e. The molecule has 0 spiro atoms. The molecule has 0 atom stereocenters. The number of hydrogen-bond acceptors (Lipinski definition) is 10. The first-order valence-electron chi connectivity index (χ1n) is 24.7. The molecule has 0 aliphatic rings. The lowest BCUT2D eigenvalue weighted by Gasteiger charge is -2.18. The number of rotatable bonds is 7. The zero-order valence-corrected chi connectivity index (χ0v) is 41.7. The molecule has 0 saturated carbocycles. The van der Waals surface area contributed by atoms with Crippen LogP contribution in [0.15, 0.2) is 182 Å². The van der Waals surface area contributed by atoms with Crippen molar-refractivity contribution in [1.29, 1.82) is 47.4 Å². The van der Waals surface area contributed by atoms with E-state index in [1.807, 2.05) is 106 Å². The standard InChI is InChI=1S/C68H30N12/c69-30-40-3-11-54(50(20-40)34-73)44-7-15-63-58(24-44)59-25-45(55-12-4-41(31-70)21-51(55)35-74)8-16-64(59)79(63)67-28-49(48-2-1-19-78-39-48)29-68(62(67)38-77)80-65-17-9-46(56-13-5-42(32-71)22-52(56)36-75)26-60(65)61-27-47(10-18-66(61)80)57-14-6-43(33-72)23-53(57)37-76/h1-29,39H. The fraction of sp³-hybridized carbons (Fsp3) is 0. The van der Waals surface area contributed by atoms with Crippen LogP contribution in [0.1, 0.15) is 50.1 Å². The van der Waals surface area contributed by atoms with Crippen LogP contribution in [0.25, 0.3) is 111 Å². The van der Waals surface area contributed by atoms with Gasteiger partial charge in [0.15, 0.2) is 0 Å². The summed E-state index contributed by atoms with van der Waals surface area (Å²) in [7, 11) is 0. The van der Waals surface area contributed by atoms with Crippen LogP contribution in [0.4, 0.5) is 0 Å². The van der Waals surface area contributed by atoms with Crippen molar-refractivity contribution in [1.82, 2.24) is 14.1 Å². The molecule has 0 saturated heterocycles. The molecule has 12 nitrogen and oxygen atoms in total. The monoisotopic (exact) mass is 1010 g/mol. The first-order chi connectivity index (χ1) is 39.2. The van der Waals surface area contributed by atoms with Gasteiger partial charge in [0, 0.05) is 39.5 Å². The third-order valence-corrected chi connectivity index (χ3v) is 14.5. The highest BCUT2D eigenvalue weighted by Gasteiger charge is 2.25. The maximum atomic E-state index is 11.8. The van der Waals surface area contributed by atoms with E-state index in [4.69, 9.17) is 0 Å². The van der Waals surface area contributed by atoms with Crippen LogP contribution in [0, 0.1) is 102 Å². The number of pyridine rings is 1. The summed E-state index contributed by atoms with van der Waals surface area (Å²) >= 11 is 0. The Morgan fingerprint density at radius 1 is 0.287 bits per heavy atom. The fourth-order valence-corrected chi connectivity index (χ4v) is 10.8. The van der Waals surface area contributed by atoms with Crippen molar-refractivity contribution in [2.75, 3.05) is 0 Å². The first-order valence-corrected chi connectivity index (χ1v) is 24.7. The second-order valence-corrected chi connectivity index (χ2v) is 18.8. The predicted molar refractivity (Wildman–Crippen MR) is 303 cm³/mol. The molecule has 12 aromatic rings. The summed E-state index contributed by atoms with van der Waals surface area (Å²) in [6.45, 7) is 0. The van der Waals surface area contributed by atoms with Gasteiger partial charge in [-0.1, -0.05) is 54.6 Å². The Kier molecular flexibility index (Phi) is 11.7. The quantitative estimate of drug-likeness (QED) is 0.146. The van der Waals surface area contributed by atoms with Gasteiger partial charge in [-0.3, -0.25) is 4.98 Å². The van der Waals surface area contributed by atoms with Gasteiger partial charge in [-0.2, -0.15) is 47.4 Å². The molecule has 0 unspecified atom stereocenters. The first kappa shape index (κ1) is 48.1. The lowest BCUT2D eigenvalue weighted by atomic mass is 9.95. The van der Waals surface area contributed by atoms with Gasteiger partial charge < -0.3 is 9.13 Å². The molecule has 12 rings (SSSR count). The number of benzene rings is 9. The van der Waals surface area contributed by atoms with Crippen molar-refractivity contribution < 1.29 is 0 Å². The van der Waals surface area contributed by atoms with Crippen molar-refractivity contribution in [3.8, 4) is 122 Å². The smallest absolute Gasteiger partial charge is 0.104 e. The summed E-state index contributed by atoms with van der Waals surface area (Å²) in [6.07, 6.45) is 3.45. The molecule has 80 heavy (non-hydrogen) atoms. The Morgan fingerprint density at radius 2 is 0.613 bits per heavy atom. The van der Waals surface area contributed by atoms with Crippen molar-refractivity contribution in [3.63, 3.8) is 0 Å². The third-order valence-electron chi connectivity index (χ3n) is 14.5. The Morgan fingerprint density at radius 3 is 0.875 bits per heavy atom. The van der Waals surface area contributed by atoms with E-state index in [2.05, 4.69) is 59.6 Å². The maximum absolute atomic E-state index is 11.8. The van der Waals surface area contributed by atoms with Crippen LogP contribution >= 0.6 is 0 Å². The van der Waals surface area contributed by atoms with E-state index in [9.17, 15) is 47.4 Å². The van der Waals surface area contributed by atoms with Gasteiger partial charge in [0.25, 0.3) is 0 Å². The minimum Gasteiger partial charge on any atom is -0.308 e. The summed E-state index contributed by atoms with van der Waals surface area (Å²) in [5.74, 6) is 0. The molecule has 0 fully saturated rings. The highest BCUT2D eigenvalue weighted by atomic mass is 15.0. The van der Waals surface area contributed by atoms with E-state index in [0.29, 0.717) is 128 Å². The zero-order chi connectivity index (χ0) is 55.2. The summed E-state index contributed by atoms with van der Waals surface area (Å²) < 4.78 is 4.09. The van der Waals surface area contributed by atoms with E-state index in [-0.39, 0.29) is 0 Å². The molecule has 3 aromatic heterocycles. The van der Waals surface area contributed by atoms with Crippen molar-refractivity contribution >= 4 is 43.6 Å². The Labute approximate surface area is 456 Å². The van der Waals surface area contributed by atoms with E-state index < -0.39 is 0 Å². The van der Waals surface area contributed by atoms with Crippen LogP contribution in [0.2, 0.25) is 0 Å². The van der Waals surface area contributed by atoms with Crippen molar-refractivity contribution in [3.05, 3.63) is 232 Å². The van der Waals surface area contributed by atoms with Gasteiger partial charge in [-0.25, -0.2) is 0 Å². The molecular weight excluding hydrogens is 985 g/mol. The number of fused-ring (bicyclic) bond motifs is 6.